The highest BCUT2D eigenvalue weighted by Crippen LogP contribution is 2.25. The molecule has 2 amide bonds. The second-order valence-corrected chi connectivity index (χ2v) is 7.56. The third kappa shape index (κ3) is 3.87. The van der Waals surface area contributed by atoms with Gasteiger partial charge in [0.25, 0.3) is 11.8 Å². The number of nitrogens with one attached hydrogen (secondary N) is 2. The summed E-state index contributed by atoms with van der Waals surface area (Å²) in [6.07, 6.45) is -3.37. The first-order valence-electron chi connectivity index (χ1n) is 9.55. The number of aromatic nitrogens is 3. The fraction of sp³-hybridized carbons (Fsp3) is 0.350. The number of carbonyl (C=O) groups excluding carboxylic acids is 2. The molecule has 31 heavy (non-hydrogen) atoms. The summed E-state index contributed by atoms with van der Waals surface area (Å²) < 4.78 is 53.5. The SMILES string of the molecule is Cc1cc(F)cc2[nH]c(C(=O)N3CCn4ncc(C(=O)N[C@H](C)C(F)(F)F)c4C3)cc12. The van der Waals surface area contributed by atoms with Gasteiger partial charge >= 0.3 is 6.18 Å². The van der Waals surface area contributed by atoms with E-state index in [1.54, 1.807) is 13.0 Å². The minimum atomic E-state index is -4.57. The van der Waals surface area contributed by atoms with Crippen LogP contribution in [0.1, 0.15) is 39.0 Å². The lowest BCUT2D eigenvalue weighted by atomic mass is 10.1. The molecule has 1 aliphatic heterocycles. The van der Waals surface area contributed by atoms with Crippen LogP contribution in [0.5, 0.6) is 0 Å². The number of alkyl halides is 3. The fourth-order valence-electron chi connectivity index (χ4n) is 3.63. The van der Waals surface area contributed by atoms with Gasteiger partial charge in [0.1, 0.15) is 17.6 Å². The van der Waals surface area contributed by atoms with Crippen LogP contribution in [0.15, 0.2) is 24.4 Å². The number of hydrogen-bond donors (Lipinski definition) is 2. The number of benzene rings is 1. The van der Waals surface area contributed by atoms with E-state index in [1.807, 2.05) is 5.32 Å². The molecule has 0 spiro atoms. The van der Waals surface area contributed by atoms with E-state index in [4.69, 9.17) is 0 Å². The number of halogens is 4. The molecule has 0 bridgehead atoms. The van der Waals surface area contributed by atoms with Crippen LogP contribution in [0.4, 0.5) is 17.6 Å². The Morgan fingerprint density at radius 2 is 1.97 bits per heavy atom. The summed E-state index contributed by atoms with van der Waals surface area (Å²) in [6.45, 7) is 3.18. The first-order valence-corrected chi connectivity index (χ1v) is 9.55. The first-order chi connectivity index (χ1) is 14.5. The zero-order valence-corrected chi connectivity index (χ0v) is 16.7. The van der Waals surface area contributed by atoms with Gasteiger partial charge in [0.15, 0.2) is 0 Å². The van der Waals surface area contributed by atoms with Crippen LogP contribution in [0.25, 0.3) is 10.9 Å². The average molecular weight is 437 g/mol. The Bertz CT molecular complexity index is 1180. The van der Waals surface area contributed by atoms with E-state index in [-0.39, 0.29) is 30.3 Å². The normalized spacial score (nSPS) is 15.1. The van der Waals surface area contributed by atoms with Gasteiger partial charge in [-0.2, -0.15) is 18.3 Å². The second kappa shape index (κ2) is 7.40. The van der Waals surface area contributed by atoms with E-state index in [0.717, 1.165) is 6.92 Å². The van der Waals surface area contributed by atoms with Crippen LogP contribution in [0, 0.1) is 12.7 Å². The highest BCUT2D eigenvalue weighted by Gasteiger charge is 2.38. The summed E-state index contributed by atoms with van der Waals surface area (Å²) in [5.41, 5.74) is 1.77. The number of H-pyrrole nitrogens is 1. The van der Waals surface area contributed by atoms with Crippen molar-refractivity contribution < 1.29 is 27.2 Å². The zero-order valence-electron chi connectivity index (χ0n) is 16.7. The van der Waals surface area contributed by atoms with Crippen molar-refractivity contribution in [3.8, 4) is 0 Å². The molecule has 1 atom stereocenters. The quantitative estimate of drug-likeness (QED) is 0.618. The van der Waals surface area contributed by atoms with E-state index in [1.165, 1.54) is 27.9 Å². The largest absolute Gasteiger partial charge is 0.408 e. The van der Waals surface area contributed by atoms with Crippen LogP contribution in [-0.2, 0) is 13.1 Å². The molecule has 0 aliphatic carbocycles. The molecular weight excluding hydrogens is 418 g/mol. The molecule has 1 aliphatic rings. The lowest BCUT2D eigenvalue weighted by Crippen LogP contribution is -2.44. The van der Waals surface area contributed by atoms with Crippen LogP contribution in [0.2, 0.25) is 0 Å². The molecule has 3 aromatic rings. The summed E-state index contributed by atoms with van der Waals surface area (Å²) in [5.74, 6) is -1.69. The van der Waals surface area contributed by atoms with Gasteiger partial charge in [0.2, 0.25) is 0 Å². The highest BCUT2D eigenvalue weighted by atomic mass is 19.4. The molecule has 2 aromatic heterocycles. The van der Waals surface area contributed by atoms with Crippen LogP contribution < -0.4 is 5.32 Å². The number of carbonyl (C=O) groups is 2. The minimum absolute atomic E-state index is 0.00466. The average Bonchev–Trinajstić information content (AvgIpc) is 3.30. The summed E-state index contributed by atoms with van der Waals surface area (Å²) in [6, 6.07) is 2.29. The predicted molar refractivity (Wildman–Crippen MR) is 103 cm³/mol. The molecule has 0 fully saturated rings. The number of aryl methyl sites for hydroxylation is 1. The smallest absolute Gasteiger partial charge is 0.350 e. The first kappa shape index (κ1) is 20.9. The van der Waals surface area contributed by atoms with E-state index < -0.39 is 23.9 Å². The maximum absolute atomic E-state index is 13.6. The van der Waals surface area contributed by atoms with Crippen LogP contribution in [-0.4, -0.2) is 50.2 Å². The standard InChI is InChI=1S/C20H19F4N5O2/c1-10-5-12(21)6-15-13(10)7-16(27-15)19(31)28-3-4-29-17(9-28)14(8-25-29)18(30)26-11(2)20(22,23)24/h5-8,11,27H,3-4,9H2,1-2H3,(H,26,30)/t11-/m1/s1. The van der Waals surface area contributed by atoms with E-state index in [9.17, 15) is 27.2 Å². The molecule has 11 heteroatoms. The van der Waals surface area contributed by atoms with Crippen molar-refractivity contribution in [3.63, 3.8) is 0 Å². The number of aromatic amines is 1. The Morgan fingerprint density at radius 1 is 1.23 bits per heavy atom. The number of nitrogens with zero attached hydrogens (tertiary/aromatic N) is 3. The molecule has 0 unspecified atom stereocenters. The van der Waals surface area contributed by atoms with Gasteiger partial charge in [-0.1, -0.05) is 0 Å². The highest BCUT2D eigenvalue weighted by molar-refractivity contribution is 5.99. The number of fused-ring (bicyclic) bond motifs is 2. The summed E-state index contributed by atoms with van der Waals surface area (Å²) in [7, 11) is 0. The number of amides is 2. The molecule has 3 heterocycles. The van der Waals surface area contributed by atoms with Crippen molar-refractivity contribution in [3.05, 3.63) is 52.7 Å². The maximum Gasteiger partial charge on any atom is 0.408 e. The van der Waals surface area contributed by atoms with Gasteiger partial charge in [-0.15, -0.1) is 0 Å². The molecular formula is C20H19F4N5O2. The molecule has 0 saturated heterocycles. The Balaban J connectivity index is 1.56. The predicted octanol–water partition coefficient (Wildman–Crippen LogP) is 3.15. The van der Waals surface area contributed by atoms with Crippen molar-refractivity contribution in [2.75, 3.05) is 6.54 Å². The zero-order chi connectivity index (χ0) is 22.5. The van der Waals surface area contributed by atoms with Gasteiger partial charge in [0.05, 0.1) is 30.5 Å². The topological polar surface area (TPSA) is 83.0 Å². The second-order valence-electron chi connectivity index (χ2n) is 7.56. The van der Waals surface area contributed by atoms with Gasteiger partial charge in [-0.05, 0) is 37.6 Å². The molecule has 7 nitrogen and oxygen atoms in total. The minimum Gasteiger partial charge on any atom is -0.350 e. The van der Waals surface area contributed by atoms with Crippen molar-refractivity contribution in [1.29, 1.82) is 0 Å². The van der Waals surface area contributed by atoms with E-state index in [0.29, 0.717) is 28.7 Å². The Labute approximate surface area is 174 Å². The van der Waals surface area contributed by atoms with Crippen LogP contribution >= 0.6 is 0 Å². The van der Waals surface area contributed by atoms with Gasteiger partial charge in [-0.3, -0.25) is 14.3 Å². The molecule has 2 N–H and O–H groups in total. The molecule has 4 rings (SSSR count). The fourth-order valence-corrected chi connectivity index (χ4v) is 3.63. The van der Waals surface area contributed by atoms with Gasteiger partial charge in [0, 0.05) is 17.4 Å². The lowest BCUT2D eigenvalue weighted by molar-refractivity contribution is -0.149. The Kier molecular flexibility index (Phi) is 4.98. The van der Waals surface area contributed by atoms with Gasteiger partial charge < -0.3 is 15.2 Å². The Hall–Kier alpha value is -3.37. The monoisotopic (exact) mass is 437 g/mol. The molecule has 1 aromatic carbocycles. The molecule has 164 valence electrons. The van der Waals surface area contributed by atoms with E-state index in [2.05, 4.69) is 10.1 Å². The Morgan fingerprint density at radius 3 is 2.68 bits per heavy atom. The van der Waals surface area contributed by atoms with Crippen molar-refractivity contribution in [2.45, 2.75) is 39.2 Å². The maximum atomic E-state index is 13.6. The van der Waals surface area contributed by atoms with E-state index >= 15 is 0 Å². The summed E-state index contributed by atoms with van der Waals surface area (Å²) >= 11 is 0. The number of rotatable bonds is 3. The molecule has 0 saturated carbocycles. The lowest BCUT2D eigenvalue weighted by Gasteiger charge is -2.28. The van der Waals surface area contributed by atoms with Crippen molar-refractivity contribution >= 4 is 22.7 Å². The molecule has 0 radical (unpaired) electrons. The third-order valence-corrected chi connectivity index (χ3v) is 5.38. The van der Waals surface area contributed by atoms with Crippen molar-refractivity contribution in [1.82, 2.24) is 25.0 Å². The number of hydrogen-bond acceptors (Lipinski definition) is 3. The third-order valence-electron chi connectivity index (χ3n) is 5.38. The summed E-state index contributed by atoms with van der Waals surface area (Å²) in [5, 5.41) is 6.69. The van der Waals surface area contributed by atoms with Crippen LogP contribution in [0.3, 0.4) is 0 Å². The van der Waals surface area contributed by atoms with Gasteiger partial charge in [-0.25, -0.2) is 4.39 Å². The van der Waals surface area contributed by atoms with Crippen molar-refractivity contribution in [2.24, 2.45) is 0 Å². The summed E-state index contributed by atoms with van der Waals surface area (Å²) in [4.78, 5) is 29.8.